The van der Waals surface area contributed by atoms with Crippen LogP contribution in [0.2, 0.25) is 0 Å². The summed E-state index contributed by atoms with van der Waals surface area (Å²) in [6.07, 6.45) is 4.17. The van der Waals surface area contributed by atoms with Crippen LogP contribution in [-0.2, 0) is 19.9 Å². The molecular formula is C20H22N4O4S2. The molecular weight excluding hydrogens is 424 g/mol. The summed E-state index contributed by atoms with van der Waals surface area (Å²) in [5.41, 5.74) is 11.4. The van der Waals surface area contributed by atoms with Gasteiger partial charge in [0, 0.05) is 36.3 Å². The van der Waals surface area contributed by atoms with E-state index in [4.69, 9.17) is 11.5 Å². The molecule has 0 saturated carbocycles. The molecule has 3 aromatic rings. The van der Waals surface area contributed by atoms with Crippen LogP contribution in [0, 0.1) is 0 Å². The summed E-state index contributed by atoms with van der Waals surface area (Å²) in [7, 11) is -7.75. The zero-order valence-corrected chi connectivity index (χ0v) is 17.7. The van der Waals surface area contributed by atoms with Gasteiger partial charge in [0.15, 0.2) is 9.84 Å². The Morgan fingerprint density at radius 1 is 0.933 bits per heavy atom. The van der Waals surface area contributed by atoms with E-state index in [1.54, 1.807) is 36.4 Å². The van der Waals surface area contributed by atoms with Gasteiger partial charge in [-0.2, -0.15) is 0 Å². The Labute approximate surface area is 175 Å². The monoisotopic (exact) mass is 446 g/mol. The molecule has 4 N–H and O–H groups in total. The van der Waals surface area contributed by atoms with Gasteiger partial charge in [-0.1, -0.05) is 36.4 Å². The van der Waals surface area contributed by atoms with Gasteiger partial charge in [-0.05, 0) is 24.3 Å². The minimum absolute atomic E-state index is 0.00730. The molecule has 2 aromatic carbocycles. The summed E-state index contributed by atoms with van der Waals surface area (Å²) in [5.74, 6) is -0.181. The lowest BCUT2D eigenvalue weighted by atomic mass is 10.1. The van der Waals surface area contributed by atoms with Gasteiger partial charge < -0.3 is 11.5 Å². The van der Waals surface area contributed by atoms with Crippen LogP contribution in [0.5, 0.6) is 0 Å². The Morgan fingerprint density at radius 2 is 1.67 bits per heavy atom. The highest BCUT2D eigenvalue weighted by Crippen LogP contribution is 2.28. The molecule has 8 nitrogen and oxygen atoms in total. The van der Waals surface area contributed by atoms with Gasteiger partial charge in [-0.3, -0.25) is 4.31 Å². The highest BCUT2D eigenvalue weighted by atomic mass is 32.2. The summed E-state index contributed by atoms with van der Waals surface area (Å²) in [6, 6.07) is 14.1. The lowest BCUT2D eigenvalue weighted by molar-refractivity contribution is 0.509. The number of nitrogens with two attached hydrogens (primary N) is 2. The van der Waals surface area contributed by atoms with Crippen LogP contribution in [0.4, 0.5) is 5.82 Å². The highest BCUT2D eigenvalue weighted by molar-refractivity contribution is 7.91. The van der Waals surface area contributed by atoms with Crippen molar-refractivity contribution in [3.63, 3.8) is 0 Å². The van der Waals surface area contributed by atoms with Crippen molar-refractivity contribution in [3.05, 3.63) is 73.1 Å². The largest absolute Gasteiger partial charge is 0.383 e. The molecule has 0 spiro atoms. The fourth-order valence-corrected chi connectivity index (χ4v) is 5.86. The van der Waals surface area contributed by atoms with Crippen LogP contribution in [-0.4, -0.2) is 45.0 Å². The van der Waals surface area contributed by atoms with Crippen LogP contribution in [0.3, 0.4) is 0 Å². The Bertz CT molecular complexity index is 1270. The van der Waals surface area contributed by atoms with Gasteiger partial charge in [0.05, 0.1) is 15.5 Å². The summed E-state index contributed by atoms with van der Waals surface area (Å²) in [4.78, 5) is 4.13. The first-order valence-electron chi connectivity index (χ1n) is 9.07. The minimum atomic E-state index is -4.08. The van der Waals surface area contributed by atoms with Crippen molar-refractivity contribution in [1.29, 1.82) is 0 Å². The smallest absolute Gasteiger partial charge is 0.264 e. The number of nitrogen functional groups attached to an aromatic ring is 1. The third-order valence-corrected chi connectivity index (χ3v) is 8.02. The van der Waals surface area contributed by atoms with Crippen molar-refractivity contribution in [2.24, 2.45) is 5.73 Å². The van der Waals surface area contributed by atoms with E-state index in [0.29, 0.717) is 10.8 Å². The first-order chi connectivity index (χ1) is 14.3. The molecule has 1 aromatic heterocycles. The fraction of sp³-hybridized carbons (Fsp3) is 0.150. The normalized spacial score (nSPS) is 12.4. The summed E-state index contributed by atoms with van der Waals surface area (Å²) in [5, 5.41) is 0.903. The minimum Gasteiger partial charge on any atom is -0.383 e. The number of hydrogen-bond acceptors (Lipinski definition) is 7. The third kappa shape index (κ3) is 4.45. The molecule has 0 aliphatic heterocycles. The number of aromatic nitrogens is 1. The molecule has 0 bridgehead atoms. The Kier molecular flexibility index (Phi) is 6.40. The van der Waals surface area contributed by atoms with Gasteiger partial charge in [-0.25, -0.2) is 21.8 Å². The molecule has 10 heteroatoms. The molecule has 0 unspecified atom stereocenters. The second-order valence-corrected chi connectivity index (χ2v) is 10.4. The number of sulfone groups is 1. The first kappa shape index (κ1) is 21.8. The lowest BCUT2D eigenvalue weighted by Crippen LogP contribution is -2.31. The molecule has 0 fully saturated rings. The van der Waals surface area contributed by atoms with Gasteiger partial charge in [0.2, 0.25) is 0 Å². The van der Waals surface area contributed by atoms with Crippen LogP contribution < -0.4 is 11.5 Å². The highest BCUT2D eigenvalue weighted by Gasteiger charge is 2.26. The molecule has 0 aliphatic rings. The van der Waals surface area contributed by atoms with E-state index >= 15 is 0 Å². The first-order valence-corrected chi connectivity index (χ1v) is 12.2. The maximum atomic E-state index is 13.4. The van der Waals surface area contributed by atoms with Gasteiger partial charge in [0.25, 0.3) is 10.0 Å². The number of pyridine rings is 1. The number of anilines is 1. The van der Waals surface area contributed by atoms with Gasteiger partial charge in [0.1, 0.15) is 5.82 Å². The predicted octanol–water partition coefficient (Wildman–Crippen LogP) is 1.75. The van der Waals surface area contributed by atoms with Crippen molar-refractivity contribution in [2.45, 2.75) is 9.79 Å². The van der Waals surface area contributed by atoms with Crippen LogP contribution in [0.15, 0.2) is 82.9 Å². The molecule has 0 saturated heterocycles. The van der Waals surface area contributed by atoms with Crippen molar-refractivity contribution < 1.29 is 16.8 Å². The van der Waals surface area contributed by atoms with E-state index in [1.807, 2.05) is 0 Å². The number of hydrogen-bond donors (Lipinski definition) is 2. The van der Waals surface area contributed by atoms with E-state index in [1.165, 1.54) is 36.7 Å². The summed E-state index contributed by atoms with van der Waals surface area (Å²) in [6.45, 7) is -0.170. The van der Waals surface area contributed by atoms with E-state index in [0.717, 1.165) is 4.31 Å². The SMILES string of the molecule is NCC=CN(CCS(=O)(=O)c1ccccc1)S(=O)(=O)c1cccc2c(N)nccc12. The lowest BCUT2D eigenvalue weighted by Gasteiger charge is -2.21. The van der Waals surface area contributed by atoms with E-state index in [2.05, 4.69) is 4.98 Å². The quantitative estimate of drug-likeness (QED) is 0.538. The van der Waals surface area contributed by atoms with Crippen LogP contribution in [0.25, 0.3) is 10.8 Å². The Morgan fingerprint density at radius 3 is 2.37 bits per heavy atom. The third-order valence-electron chi connectivity index (χ3n) is 4.47. The molecule has 0 amide bonds. The topological polar surface area (TPSA) is 136 Å². The van der Waals surface area contributed by atoms with Gasteiger partial charge >= 0.3 is 0 Å². The number of rotatable bonds is 8. The average molecular weight is 447 g/mol. The Hall–Kier alpha value is -2.95. The van der Waals surface area contributed by atoms with E-state index in [-0.39, 0.29) is 34.5 Å². The molecule has 1 heterocycles. The van der Waals surface area contributed by atoms with E-state index in [9.17, 15) is 16.8 Å². The van der Waals surface area contributed by atoms with Gasteiger partial charge in [-0.15, -0.1) is 0 Å². The summed E-state index contributed by atoms with van der Waals surface area (Å²) >= 11 is 0. The molecule has 30 heavy (non-hydrogen) atoms. The average Bonchev–Trinajstić information content (AvgIpc) is 2.74. The van der Waals surface area contributed by atoms with Crippen molar-refractivity contribution in [2.75, 3.05) is 24.6 Å². The maximum absolute atomic E-state index is 13.4. The molecule has 0 aliphatic carbocycles. The molecule has 0 atom stereocenters. The maximum Gasteiger partial charge on any atom is 0.264 e. The predicted molar refractivity (Wildman–Crippen MR) is 117 cm³/mol. The second kappa shape index (κ2) is 8.82. The number of nitrogens with zero attached hydrogens (tertiary/aromatic N) is 2. The Balaban J connectivity index is 2.00. The zero-order valence-electron chi connectivity index (χ0n) is 16.0. The van der Waals surface area contributed by atoms with Crippen LogP contribution in [0.1, 0.15) is 0 Å². The van der Waals surface area contributed by atoms with Crippen molar-refractivity contribution in [1.82, 2.24) is 9.29 Å². The van der Waals surface area contributed by atoms with Crippen LogP contribution >= 0.6 is 0 Å². The number of benzene rings is 2. The molecule has 0 radical (unpaired) electrons. The zero-order chi connectivity index (χ0) is 21.8. The summed E-state index contributed by atoms with van der Waals surface area (Å²) < 4.78 is 53.1. The molecule has 158 valence electrons. The second-order valence-electron chi connectivity index (χ2n) is 6.42. The molecule has 3 rings (SSSR count). The number of sulfonamides is 1. The number of fused-ring (bicyclic) bond motifs is 1. The van der Waals surface area contributed by atoms with E-state index < -0.39 is 19.9 Å². The standard InChI is InChI=1S/C20H22N4O4S2/c21-11-5-13-24(14-15-29(25,26)16-6-2-1-3-7-16)30(27,28)19-9-4-8-18-17(19)10-12-23-20(18)22/h1-10,12-13H,11,14-15,21H2,(H2,22,23). The van der Waals surface area contributed by atoms with Crippen molar-refractivity contribution in [3.8, 4) is 0 Å². The van der Waals surface area contributed by atoms with Crippen molar-refractivity contribution >= 4 is 36.5 Å². The fourth-order valence-electron chi connectivity index (χ4n) is 2.96.